The summed E-state index contributed by atoms with van der Waals surface area (Å²) in [5.41, 5.74) is -0.728. The molecule has 4 aromatic rings. The number of ether oxygens (including phenoxy) is 1. The predicted octanol–water partition coefficient (Wildman–Crippen LogP) is 10.4. The second-order valence-corrected chi connectivity index (χ2v) is 18.1. The number of aromatic hydroxyl groups is 1. The van der Waals surface area contributed by atoms with Crippen LogP contribution in [0.1, 0.15) is 114 Å². The maximum absolute atomic E-state index is 13.8. The number of anilines is 3. The summed E-state index contributed by atoms with van der Waals surface area (Å²) in [6.07, 6.45) is 11.8. The van der Waals surface area contributed by atoms with Crippen molar-refractivity contribution in [2.45, 2.75) is 110 Å². The summed E-state index contributed by atoms with van der Waals surface area (Å²) >= 11 is 18.7. The number of hydrogen-bond donors (Lipinski definition) is 5. The van der Waals surface area contributed by atoms with Gasteiger partial charge < -0.3 is 20.5 Å². The number of phenols is 1. The lowest BCUT2D eigenvalue weighted by molar-refractivity contribution is -0.123. The second kappa shape index (κ2) is 20.5. The molecule has 0 fully saturated rings. The van der Waals surface area contributed by atoms with E-state index in [0.29, 0.717) is 23.4 Å². The van der Waals surface area contributed by atoms with E-state index in [0.717, 1.165) is 36.6 Å². The Morgan fingerprint density at radius 1 is 0.877 bits per heavy atom. The Balaban J connectivity index is 1.53. The fraction of sp³-hybridized carbons (Fsp3) is 0.439. The molecular formula is C41H52Cl3N5O7S. The van der Waals surface area contributed by atoms with Crippen LogP contribution in [0.15, 0.2) is 59.4 Å². The predicted molar refractivity (Wildman–Crippen MR) is 231 cm³/mol. The molecule has 0 radical (unpaired) electrons. The molecule has 0 aliphatic carbocycles. The van der Waals surface area contributed by atoms with Gasteiger partial charge in [0.2, 0.25) is 10.0 Å². The SMILES string of the molecule is CCCCCCCCCCCCC(Oc1ccc(O)c(C(C)(C)C)c1)C(=O)Nc1cccc(C(=O)Nc2[nH]n(-c3c(Cl)cc(Cl)cc3Cl)c(=O)c2NS(C)(=O)=O)c1. The number of unbranched alkanes of at least 4 members (excludes halogenated alkanes) is 9. The number of phenolic OH excluding ortho intramolecular Hbond substituents is 1. The zero-order valence-corrected chi connectivity index (χ0v) is 36.0. The topological polar surface area (TPSA) is 172 Å². The minimum Gasteiger partial charge on any atom is -0.508 e. The van der Waals surface area contributed by atoms with Gasteiger partial charge in [0.15, 0.2) is 17.6 Å². The van der Waals surface area contributed by atoms with Crippen molar-refractivity contribution in [1.82, 2.24) is 9.78 Å². The van der Waals surface area contributed by atoms with E-state index in [-0.39, 0.29) is 43.3 Å². The Morgan fingerprint density at radius 3 is 2.09 bits per heavy atom. The van der Waals surface area contributed by atoms with E-state index in [1.54, 1.807) is 30.3 Å². The molecule has 4 rings (SSSR count). The average molecular weight is 865 g/mol. The molecule has 57 heavy (non-hydrogen) atoms. The minimum atomic E-state index is -3.99. The van der Waals surface area contributed by atoms with Crippen LogP contribution in [0, 0.1) is 0 Å². The van der Waals surface area contributed by atoms with Gasteiger partial charge in [0, 0.05) is 21.8 Å². The fourth-order valence-electron chi connectivity index (χ4n) is 6.27. The number of sulfonamides is 1. The van der Waals surface area contributed by atoms with E-state index in [1.807, 2.05) is 20.8 Å². The van der Waals surface area contributed by atoms with Crippen molar-refractivity contribution in [2.24, 2.45) is 0 Å². The highest BCUT2D eigenvalue weighted by molar-refractivity contribution is 7.92. The van der Waals surface area contributed by atoms with Crippen LogP contribution in [-0.4, -0.2) is 47.5 Å². The largest absolute Gasteiger partial charge is 0.508 e. The number of carbonyl (C=O) groups excluding carboxylic acids is 2. The van der Waals surface area contributed by atoms with Gasteiger partial charge >= 0.3 is 0 Å². The smallest absolute Gasteiger partial charge is 0.297 e. The Bertz CT molecular complexity index is 2180. The summed E-state index contributed by atoms with van der Waals surface area (Å²) in [6, 6.07) is 13.7. The number of aromatic nitrogens is 2. The van der Waals surface area contributed by atoms with Crippen LogP contribution < -0.4 is 25.7 Å². The third-order valence-electron chi connectivity index (χ3n) is 9.18. The fourth-order valence-corrected chi connectivity index (χ4v) is 7.82. The molecule has 12 nitrogen and oxygen atoms in total. The van der Waals surface area contributed by atoms with E-state index in [1.165, 1.54) is 62.8 Å². The third-order valence-corrected chi connectivity index (χ3v) is 10.6. The summed E-state index contributed by atoms with van der Waals surface area (Å²) < 4.78 is 33.8. The van der Waals surface area contributed by atoms with Crippen LogP contribution in [0.2, 0.25) is 15.1 Å². The van der Waals surface area contributed by atoms with Crippen molar-refractivity contribution in [3.63, 3.8) is 0 Å². The van der Waals surface area contributed by atoms with Gasteiger partial charge in [-0.05, 0) is 66.8 Å². The maximum Gasteiger partial charge on any atom is 0.297 e. The van der Waals surface area contributed by atoms with E-state index in [9.17, 15) is 27.9 Å². The van der Waals surface area contributed by atoms with Gasteiger partial charge in [-0.1, -0.05) is 126 Å². The highest BCUT2D eigenvalue weighted by atomic mass is 35.5. The van der Waals surface area contributed by atoms with E-state index in [2.05, 4.69) is 27.4 Å². The van der Waals surface area contributed by atoms with Crippen molar-refractivity contribution >= 4 is 73.8 Å². The number of H-pyrrole nitrogens is 1. The van der Waals surface area contributed by atoms with Crippen LogP contribution in [0.5, 0.6) is 11.5 Å². The summed E-state index contributed by atoms with van der Waals surface area (Å²) in [7, 11) is -3.99. The molecule has 310 valence electrons. The number of carbonyl (C=O) groups is 2. The number of benzene rings is 3. The molecule has 0 aliphatic rings. The van der Waals surface area contributed by atoms with Crippen LogP contribution in [0.3, 0.4) is 0 Å². The summed E-state index contributed by atoms with van der Waals surface area (Å²) in [6.45, 7) is 8.14. The molecule has 5 N–H and O–H groups in total. The van der Waals surface area contributed by atoms with Gasteiger partial charge in [0.1, 0.15) is 17.2 Å². The van der Waals surface area contributed by atoms with Crippen molar-refractivity contribution in [3.05, 3.63) is 91.1 Å². The average Bonchev–Trinajstić information content (AvgIpc) is 3.40. The molecule has 3 aromatic carbocycles. The highest BCUT2D eigenvalue weighted by Crippen LogP contribution is 2.35. The van der Waals surface area contributed by atoms with Crippen LogP contribution in [0.25, 0.3) is 5.69 Å². The molecule has 1 unspecified atom stereocenters. The number of rotatable bonds is 20. The highest BCUT2D eigenvalue weighted by Gasteiger charge is 2.26. The molecule has 0 bridgehead atoms. The van der Waals surface area contributed by atoms with Gasteiger partial charge in [-0.15, -0.1) is 0 Å². The van der Waals surface area contributed by atoms with Crippen molar-refractivity contribution < 1.29 is 27.9 Å². The van der Waals surface area contributed by atoms with Gasteiger partial charge in [-0.25, -0.2) is 13.1 Å². The van der Waals surface area contributed by atoms with Crippen molar-refractivity contribution in [2.75, 3.05) is 21.6 Å². The van der Waals surface area contributed by atoms with Gasteiger partial charge in [0.25, 0.3) is 17.4 Å². The molecule has 0 aliphatic heterocycles. The van der Waals surface area contributed by atoms with Gasteiger partial charge in [-0.3, -0.25) is 24.2 Å². The van der Waals surface area contributed by atoms with Crippen molar-refractivity contribution in [3.8, 4) is 17.2 Å². The molecule has 0 saturated carbocycles. The Labute approximate surface area is 349 Å². The summed E-state index contributed by atoms with van der Waals surface area (Å²) in [5, 5.41) is 18.8. The summed E-state index contributed by atoms with van der Waals surface area (Å²) in [4.78, 5) is 40.9. The first-order valence-corrected chi connectivity index (χ1v) is 22.1. The molecule has 16 heteroatoms. The Hall–Kier alpha value is -4.17. The lowest BCUT2D eigenvalue weighted by atomic mass is 9.86. The van der Waals surface area contributed by atoms with Crippen molar-refractivity contribution in [1.29, 1.82) is 0 Å². The molecule has 1 heterocycles. The molecule has 0 saturated heterocycles. The first kappa shape index (κ1) is 45.5. The first-order chi connectivity index (χ1) is 26.9. The molecule has 2 amide bonds. The molecule has 0 spiro atoms. The molecular weight excluding hydrogens is 813 g/mol. The summed E-state index contributed by atoms with van der Waals surface area (Å²) in [5.74, 6) is -0.870. The number of nitrogens with one attached hydrogen (secondary N) is 4. The quantitative estimate of drug-likeness (QED) is 0.0550. The number of amides is 2. The van der Waals surface area contributed by atoms with Crippen LogP contribution in [0.4, 0.5) is 17.2 Å². The number of hydrogen-bond acceptors (Lipinski definition) is 7. The minimum absolute atomic E-state index is 0.0152. The number of halogens is 3. The maximum atomic E-state index is 13.8. The molecule has 1 atom stereocenters. The number of nitrogens with zero attached hydrogens (tertiary/aromatic N) is 1. The molecule has 1 aromatic heterocycles. The zero-order chi connectivity index (χ0) is 41.9. The normalized spacial score (nSPS) is 12.3. The van der Waals surface area contributed by atoms with Gasteiger partial charge in [0.05, 0.1) is 16.3 Å². The standard InChI is InChI=1S/C41H52Cl3N5O7S/c1-6-7-8-9-10-11-12-13-14-15-19-34(56-29-20-21-33(50)30(25-29)41(2,3)4)39(52)45-28-18-16-17-26(22-28)38(51)46-37-35(48-57(5,54)55)40(53)49(47-37)36-31(43)23-27(42)24-32(36)44/h16-18,20-25,34,47-48,50H,6-15,19H2,1-5H3,(H,45,52)(H,46,51). The lowest BCUT2D eigenvalue weighted by Crippen LogP contribution is -2.33. The van der Waals surface area contributed by atoms with E-state index in [4.69, 9.17) is 39.5 Å². The van der Waals surface area contributed by atoms with Crippen LogP contribution in [-0.2, 0) is 20.2 Å². The Morgan fingerprint density at radius 2 is 1.49 bits per heavy atom. The van der Waals surface area contributed by atoms with E-state index >= 15 is 0 Å². The first-order valence-electron chi connectivity index (χ1n) is 19.1. The lowest BCUT2D eigenvalue weighted by Gasteiger charge is -2.23. The Kier molecular flexibility index (Phi) is 16.4. The van der Waals surface area contributed by atoms with Gasteiger partial charge in [-0.2, -0.15) is 0 Å². The third kappa shape index (κ3) is 13.4. The number of aromatic amines is 1. The second-order valence-electron chi connectivity index (χ2n) is 15.1. The zero-order valence-electron chi connectivity index (χ0n) is 32.9. The van der Waals surface area contributed by atoms with Crippen LogP contribution >= 0.6 is 34.8 Å². The van der Waals surface area contributed by atoms with E-state index < -0.39 is 39.2 Å². The monoisotopic (exact) mass is 863 g/mol.